The first-order valence-corrected chi connectivity index (χ1v) is 8.42. The molecule has 0 saturated carbocycles. The Balaban J connectivity index is 1.86. The van der Waals surface area contributed by atoms with Gasteiger partial charge in [0, 0.05) is 22.7 Å². The second-order valence-corrected chi connectivity index (χ2v) is 6.12. The Kier molecular flexibility index (Phi) is 4.28. The smallest absolute Gasteiger partial charge is 0.129 e. The summed E-state index contributed by atoms with van der Waals surface area (Å²) in [5.74, 6) is 0. The summed E-state index contributed by atoms with van der Waals surface area (Å²) in [5, 5.41) is 2.57. The van der Waals surface area contributed by atoms with Crippen LogP contribution in [0.4, 0.5) is 5.69 Å². The number of fused-ring (bicyclic) bond motifs is 1. The normalized spacial score (nSPS) is 10.6. The van der Waals surface area contributed by atoms with Gasteiger partial charge in [-0.3, -0.25) is 0 Å². The predicted molar refractivity (Wildman–Crippen MR) is 105 cm³/mol. The zero-order valence-corrected chi connectivity index (χ0v) is 14.2. The van der Waals surface area contributed by atoms with E-state index in [1.54, 1.807) is 6.20 Å². The van der Waals surface area contributed by atoms with Crippen molar-refractivity contribution < 1.29 is 0 Å². The Hall–Kier alpha value is -2.97. The lowest BCUT2D eigenvalue weighted by molar-refractivity contribution is 1.36. The molecule has 3 heteroatoms. The first-order chi connectivity index (χ1) is 12.3. The fraction of sp³-hybridized carbons (Fsp3) is 0. The molecular formula is C22H15ClN2. The summed E-state index contributed by atoms with van der Waals surface area (Å²) in [7, 11) is 0. The minimum Gasteiger partial charge on any atom is -0.248 e. The third-order valence-electron chi connectivity index (χ3n) is 4.01. The Morgan fingerprint density at radius 1 is 0.720 bits per heavy atom. The van der Waals surface area contributed by atoms with E-state index >= 15 is 0 Å². The molecule has 1 heterocycles. The van der Waals surface area contributed by atoms with Crippen molar-refractivity contribution in [1.82, 2.24) is 4.98 Å². The molecule has 0 aliphatic carbocycles. The third kappa shape index (κ3) is 3.44. The van der Waals surface area contributed by atoms with Crippen molar-refractivity contribution in [2.24, 2.45) is 4.99 Å². The van der Waals surface area contributed by atoms with Gasteiger partial charge in [-0.05, 0) is 23.6 Å². The van der Waals surface area contributed by atoms with E-state index in [2.05, 4.69) is 29.2 Å². The number of halogens is 1. The quantitative estimate of drug-likeness (QED) is 0.328. The molecule has 0 spiro atoms. The molecule has 4 aromatic rings. The van der Waals surface area contributed by atoms with Crippen LogP contribution in [0.15, 0.2) is 96.1 Å². The van der Waals surface area contributed by atoms with Gasteiger partial charge >= 0.3 is 0 Å². The summed E-state index contributed by atoms with van der Waals surface area (Å²) in [6.07, 6.45) is 1.78. The molecular weight excluding hydrogens is 328 g/mol. The molecule has 0 amide bonds. The number of nitrogens with zero attached hydrogens (tertiary/aromatic N) is 2. The Labute approximate surface area is 151 Å². The van der Waals surface area contributed by atoms with Gasteiger partial charge in [0.2, 0.25) is 0 Å². The molecule has 4 rings (SSSR count). The summed E-state index contributed by atoms with van der Waals surface area (Å²) >= 11 is 5.96. The minimum atomic E-state index is 0.498. The van der Waals surface area contributed by atoms with E-state index in [9.17, 15) is 0 Å². The lowest BCUT2D eigenvalue weighted by Gasteiger charge is -2.08. The second kappa shape index (κ2) is 6.88. The maximum Gasteiger partial charge on any atom is 0.129 e. The van der Waals surface area contributed by atoms with Crippen molar-refractivity contribution in [3.05, 3.63) is 107 Å². The number of rotatable bonds is 3. The van der Waals surface area contributed by atoms with Crippen molar-refractivity contribution in [3.63, 3.8) is 0 Å². The molecule has 120 valence electrons. The fourth-order valence-electron chi connectivity index (χ4n) is 2.79. The largest absolute Gasteiger partial charge is 0.248 e. The highest BCUT2D eigenvalue weighted by atomic mass is 35.5. The predicted octanol–water partition coefficient (Wildman–Crippen LogP) is 6.06. The van der Waals surface area contributed by atoms with Crippen LogP contribution in [0.1, 0.15) is 11.1 Å². The van der Waals surface area contributed by atoms with E-state index in [4.69, 9.17) is 16.6 Å². The average molecular weight is 343 g/mol. The van der Waals surface area contributed by atoms with Crippen LogP contribution in [0.5, 0.6) is 0 Å². The zero-order chi connectivity index (χ0) is 17.1. The molecule has 0 unspecified atom stereocenters. The number of pyridine rings is 1. The lowest BCUT2D eigenvalue weighted by Crippen LogP contribution is -2.02. The highest BCUT2D eigenvalue weighted by molar-refractivity contribution is 6.30. The van der Waals surface area contributed by atoms with Crippen molar-refractivity contribution in [2.45, 2.75) is 0 Å². The monoisotopic (exact) mass is 342 g/mol. The van der Waals surface area contributed by atoms with Crippen molar-refractivity contribution >= 4 is 33.8 Å². The molecule has 0 saturated heterocycles. The van der Waals surface area contributed by atoms with Gasteiger partial charge in [-0.15, -0.1) is 0 Å². The number of hydrogen-bond donors (Lipinski definition) is 0. The summed E-state index contributed by atoms with van der Waals surface area (Å²) in [4.78, 5) is 9.09. The summed E-state index contributed by atoms with van der Waals surface area (Å²) in [6, 6.07) is 28.4. The molecule has 0 atom stereocenters. The number of benzene rings is 3. The van der Waals surface area contributed by atoms with Crippen LogP contribution in [0.25, 0.3) is 10.8 Å². The topological polar surface area (TPSA) is 25.2 Å². The Bertz CT molecular complexity index is 1000. The first-order valence-electron chi connectivity index (χ1n) is 8.04. The molecule has 3 aromatic carbocycles. The Morgan fingerprint density at radius 2 is 1.36 bits per heavy atom. The second-order valence-electron chi connectivity index (χ2n) is 5.73. The number of hydrogen-bond acceptors (Lipinski definition) is 2. The highest BCUT2D eigenvalue weighted by Crippen LogP contribution is 2.24. The SMILES string of the molecule is Clc1cc2ccc(N=C(c3ccccc3)c3ccccc3)cc2cn1. The van der Waals surface area contributed by atoms with E-state index < -0.39 is 0 Å². The van der Waals surface area contributed by atoms with Crippen LogP contribution in [0.3, 0.4) is 0 Å². The van der Waals surface area contributed by atoms with Gasteiger partial charge in [-0.2, -0.15) is 0 Å². The lowest BCUT2D eigenvalue weighted by atomic mass is 10.0. The van der Waals surface area contributed by atoms with Crippen LogP contribution in [-0.2, 0) is 0 Å². The van der Waals surface area contributed by atoms with E-state index in [-0.39, 0.29) is 0 Å². The zero-order valence-electron chi connectivity index (χ0n) is 13.4. The summed E-state index contributed by atoms with van der Waals surface area (Å²) in [6.45, 7) is 0. The molecule has 1 aromatic heterocycles. The van der Waals surface area contributed by atoms with E-state index in [1.807, 2.05) is 60.7 Å². The van der Waals surface area contributed by atoms with E-state index in [0.717, 1.165) is 33.3 Å². The molecule has 0 aliphatic rings. The number of aromatic nitrogens is 1. The highest BCUT2D eigenvalue weighted by Gasteiger charge is 2.07. The first kappa shape index (κ1) is 15.6. The van der Waals surface area contributed by atoms with Crippen molar-refractivity contribution in [3.8, 4) is 0 Å². The van der Waals surface area contributed by atoms with Gasteiger partial charge in [-0.25, -0.2) is 9.98 Å². The maximum atomic E-state index is 5.96. The van der Waals surface area contributed by atoms with Gasteiger partial charge in [0.15, 0.2) is 0 Å². The number of aliphatic imine (C=N–C) groups is 1. The maximum absolute atomic E-state index is 5.96. The summed E-state index contributed by atoms with van der Waals surface area (Å²) < 4.78 is 0. The van der Waals surface area contributed by atoms with Crippen molar-refractivity contribution in [1.29, 1.82) is 0 Å². The molecule has 0 aliphatic heterocycles. The molecule has 0 radical (unpaired) electrons. The van der Waals surface area contributed by atoms with E-state index in [1.165, 1.54) is 0 Å². The average Bonchev–Trinajstić information content (AvgIpc) is 2.67. The van der Waals surface area contributed by atoms with Crippen LogP contribution in [0.2, 0.25) is 5.15 Å². The summed E-state index contributed by atoms with van der Waals surface area (Å²) in [5.41, 5.74) is 4.01. The van der Waals surface area contributed by atoms with Crippen LogP contribution in [-0.4, -0.2) is 10.7 Å². The fourth-order valence-corrected chi connectivity index (χ4v) is 2.95. The molecule has 0 fully saturated rings. The molecule has 0 bridgehead atoms. The van der Waals surface area contributed by atoms with Gasteiger partial charge in [0.1, 0.15) is 5.15 Å². The molecule has 0 N–H and O–H groups in total. The minimum absolute atomic E-state index is 0.498. The molecule has 2 nitrogen and oxygen atoms in total. The van der Waals surface area contributed by atoms with Gasteiger partial charge in [-0.1, -0.05) is 78.3 Å². The van der Waals surface area contributed by atoms with Crippen LogP contribution < -0.4 is 0 Å². The third-order valence-corrected chi connectivity index (χ3v) is 4.21. The van der Waals surface area contributed by atoms with E-state index in [0.29, 0.717) is 5.15 Å². The Morgan fingerprint density at radius 3 is 2.00 bits per heavy atom. The standard InChI is InChI=1S/C22H15ClN2/c23-21-14-18-11-12-20(13-19(18)15-24-21)25-22(16-7-3-1-4-8-16)17-9-5-2-6-10-17/h1-15H. The molecule has 25 heavy (non-hydrogen) atoms. The van der Waals surface area contributed by atoms with Crippen molar-refractivity contribution in [2.75, 3.05) is 0 Å². The van der Waals surface area contributed by atoms with Gasteiger partial charge in [0.05, 0.1) is 11.4 Å². The van der Waals surface area contributed by atoms with Gasteiger partial charge < -0.3 is 0 Å². The van der Waals surface area contributed by atoms with Gasteiger partial charge in [0.25, 0.3) is 0 Å². The van der Waals surface area contributed by atoms with Crippen LogP contribution in [0, 0.1) is 0 Å². The van der Waals surface area contributed by atoms with Crippen LogP contribution >= 0.6 is 11.6 Å².